The summed E-state index contributed by atoms with van der Waals surface area (Å²) in [5.74, 6) is -0.123. The van der Waals surface area contributed by atoms with Crippen molar-refractivity contribution in [2.24, 2.45) is 0 Å². The Morgan fingerprint density at radius 3 is 2.85 bits per heavy atom. The molecule has 2 aromatic heterocycles. The first kappa shape index (κ1) is 17.5. The lowest BCUT2D eigenvalue weighted by atomic mass is 9.93. The second kappa shape index (κ2) is 6.34. The maximum atomic E-state index is 13.9. The number of nitrogen functional groups attached to an aromatic ring is 2. The molecule has 0 aliphatic carbocycles. The molecule has 138 valence electrons. The molecule has 0 unspecified atom stereocenters. The van der Waals surface area contributed by atoms with Crippen LogP contribution in [0.5, 0.6) is 5.75 Å². The second-order valence-electron chi connectivity index (χ2n) is 6.19. The van der Waals surface area contributed by atoms with Crippen molar-refractivity contribution in [3.05, 3.63) is 44.2 Å². The van der Waals surface area contributed by atoms with E-state index in [4.69, 9.17) is 21.6 Å². The van der Waals surface area contributed by atoms with Gasteiger partial charge in [0.15, 0.2) is 5.75 Å². The molecule has 7 nitrogen and oxygen atoms in total. The molecule has 1 aliphatic heterocycles. The number of H-pyrrole nitrogens is 1. The molecular formula is C18H15BrFN5O2. The van der Waals surface area contributed by atoms with Crippen LogP contribution in [0.25, 0.3) is 22.0 Å². The zero-order valence-corrected chi connectivity index (χ0v) is 15.6. The first-order valence-corrected chi connectivity index (χ1v) is 8.98. The van der Waals surface area contributed by atoms with E-state index in [9.17, 15) is 9.18 Å². The minimum absolute atomic E-state index is 0.0638. The van der Waals surface area contributed by atoms with Crippen LogP contribution in [-0.4, -0.2) is 22.8 Å². The van der Waals surface area contributed by atoms with Gasteiger partial charge in [0.1, 0.15) is 16.1 Å². The summed E-state index contributed by atoms with van der Waals surface area (Å²) in [6, 6.07) is 2.65. The number of aromatic nitrogens is 2. The summed E-state index contributed by atoms with van der Waals surface area (Å²) in [7, 11) is 0. The van der Waals surface area contributed by atoms with E-state index in [-0.39, 0.29) is 16.9 Å². The zero-order valence-electron chi connectivity index (χ0n) is 14.0. The topological polar surface area (TPSA) is 131 Å². The summed E-state index contributed by atoms with van der Waals surface area (Å²) in [5, 5.41) is 8.24. The van der Waals surface area contributed by atoms with Gasteiger partial charge in [0.2, 0.25) is 0 Å². The predicted molar refractivity (Wildman–Crippen MR) is 106 cm³/mol. The van der Waals surface area contributed by atoms with Gasteiger partial charge >= 0.3 is 0 Å². The van der Waals surface area contributed by atoms with Gasteiger partial charge in [-0.1, -0.05) is 6.07 Å². The van der Waals surface area contributed by atoms with Crippen LogP contribution in [0, 0.1) is 11.2 Å². The fourth-order valence-corrected chi connectivity index (χ4v) is 3.88. The number of hydrogen-bond acceptors (Lipinski definition) is 6. The number of pyridine rings is 2. The largest absolute Gasteiger partial charge is 0.491 e. The number of halogens is 2. The summed E-state index contributed by atoms with van der Waals surface area (Å²) >= 11 is 3.40. The lowest BCUT2D eigenvalue weighted by Gasteiger charge is -2.22. The van der Waals surface area contributed by atoms with Gasteiger partial charge in [-0.3, -0.25) is 4.79 Å². The molecule has 0 amide bonds. The zero-order chi connectivity index (χ0) is 19.3. The van der Waals surface area contributed by atoms with E-state index >= 15 is 0 Å². The lowest BCUT2D eigenvalue weighted by Crippen LogP contribution is -2.17. The SMILES string of the molecule is N=Cc1c(-c2c(N)c(=O)[nH]c3c(Br)nc4c(c23)OCCC4)ccc(F)c1N. The van der Waals surface area contributed by atoms with Gasteiger partial charge in [-0.25, -0.2) is 9.37 Å². The van der Waals surface area contributed by atoms with Crippen LogP contribution in [0.3, 0.4) is 0 Å². The molecule has 3 heterocycles. The van der Waals surface area contributed by atoms with Crippen LogP contribution >= 0.6 is 15.9 Å². The highest BCUT2D eigenvalue weighted by Crippen LogP contribution is 2.43. The maximum absolute atomic E-state index is 13.9. The summed E-state index contributed by atoms with van der Waals surface area (Å²) in [5.41, 5.74) is 13.2. The van der Waals surface area contributed by atoms with Crippen LogP contribution in [0.2, 0.25) is 0 Å². The molecule has 6 N–H and O–H groups in total. The van der Waals surface area contributed by atoms with Crippen molar-refractivity contribution in [2.45, 2.75) is 12.8 Å². The minimum Gasteiger partial charge on any atom is -0.491 e. The first-order valence-electron chi connectivity index (χ1n) is 8.19. The van der Waals surface area contributed by atoms with Crippen molar-refractivity contribution in [3.8, 4) is 16.9 Å². The van der Waals surface area contributed by atoms with Crippen molar-refractivity contribution < 1.29 is 9.13 Å². The van der Waals surface area contributed by atoms with Crippen LogP contribution in [0.4, 0.5) is 15.8 Å². The highest BCUT2D eigenvalue weighted by molar-refractivity contribution is 9.10. The maximum Gasteiger partial charge on any atom is 0.272 e. The van der Waals surface area contributed by atoms with Gasteiger partial charge in [0.05, 0.1) is 28.9 Å². The molecule has 1 aliphatic rings. The van der Waals surface area contributed by atoms with Gasteiger partial charge in [0, 0.05) is 17.3 Å². The molecule has 9 heteroatoms. The fraction of sp³-hybridized carbons (Fsp3) is 0.167. The van der Waals surface area contributed by atoms with Gasteiger partial charge in [-0.2, -0.15) is 0 Å². The number of aromatic amines is 1. The van der Waals surface area contributed by atoms with Crippen molar-refractivity contribution in [2.75, 3.05) is 18.1 Å². The van der Waals surface area contributed by atoms with Gasteiger partial charge < -0.3 is 26.6 Å². The molecule has 0 radical (unpaired) electrons. The predicted octanol–water partition coefficient (Wildman–Crippen LogP) is 2.98. The normalized spacial score (nSPS) is 13.3. The monoisotopic (exact) mass is 431 g/mol. The number of fused-ring (bicyclic) bond motifs is 3. The number of anilines is 2. The molecule has 0 saturated carbocycles. The average Bonchev–Trinajstić information content (AvgIpc) is 2.66. The van der Waals surface area contributed by atoms with Gasteiger partial charge in [-0.15, -0.1) is 0 Å². The standard InChI is InChI=1S/C18H15BrFN5O2/c19-17-15-12(16-10(24-17)2-1-5-27-16)11(14(23)18(26)25-15)7-3-4-9(20)13(22)8(7)6-21/h3-4,6,21H,1-2,5,22-23H2,(H,25,26). The average molecular weight is 432 g/mol. The number of nitrogens with zero attached hydrogens (tertiary/aromatic N) is 1. The van der Waals surface area contributed by atoms with E-state index in [0.717, 1.165) is 18.3 Å². The van der Waals surface area contributed by atoms with Crippen LogP contribution < -0.4 is 21.8 Å². The Kier molecular flexibility index (Phi) is 4.11. The fourth-order valence-electron chi connectivity index (χ4n) is 3.37. The minimum atomic E-state index is -0.647. The Morgan fingerprint density at radius 1 is 1.33 bits per heavy atom. The molecule has 3 aromatic rings. The summed E-state index contributed by atoms with van der Waals surface area (Å²) in [6.07, 6.45) is 2.48. The molecule has 0 saturated heterocycles. The number of aryl methyl sites for hydroxylation is 1. The third kappa shape index (κ3) is 2.57. The Labute approximate surface area is 161 Å². The molecular weight excluding hydrogens is 417 g/mol. The summed E-state index contributed by atoms with van der Waals surface area (Å²) < 4.78 is 20.2. The second-order valence-corrected chi connectivity index (χ2v) is 6.94. The number of benzene rings is 1. The first-order chi connectivity index (χ1) is 12.9. The Morgan fingerprint density at radius 2 is 2.11 bits per heavy atom. The van der Waals surface area contributed by atoms with Crippen LogP contribution in [0.15, 0.2) is 21.5 Å². The quantitative estimate of drug-likeness (QED) is 0.281. The van der Waals surface area contributed by atoms with E-state index in [1.807, 2.05) is 0 Å². The van der Waals surface area contributed by atoms with Gasteiger partial charge in [-0.05, 0) is 40.4 Å². The van der Waals surface area contributed by atoms with Crippen LogP contribution in [-0.2, 0) is 6.42 Å². The van der Waals surface area contributed by atoms with Gasteiger partial charge in [0.25, 0.3) is 5.56 Å². The molecule has 1 aromatic carbocycles. The smallest absolute Gasteiger partial charge is 0.272 e. The summed E-state index contributed by atoms with van der Waals surface area (Å²) in [6.45, 7) is 0.507. The summed E-state index contributed by atoms with van der Waals surface area (Å²) in [4.78, 5) is 19.7. The highest BCUT2D eigenvalue weighted by Gasteiger charge is 2.25. The molecule has 4 rings (SSSR count). The Balaban J connectivity index is 2.24. The number of rotatable bonds is 2. The number of nitrogens with two attached hydrogens (primary N) is 2. The highest BCUT2D eigenvalue weighted by atomic mass is 79.9. The van der Waals surface area contributed by atoms with Crippen molar-refractivity contribution in [3.63, 3.8) is 0 Å². The molecule has 0 atom stereocenters. The van der Waals surface area contributed by atoms with E-state index in [1.54, 1.807) is 0 Å². The Bertz CT molecular complexity index is 1180. The van der Waals surface area contributed by atoms with Crippen molar-refractivity contribution in [1.29, 1.82) is 5.41 Å². The number of nitrogens with one attached hydrogen (secondary N) is 2. The van der Waals surface area contributed by atoms with Crippen molar-refractivity contribution >= 4 is 44.4 Å². The van der Waals surface area contributed by atoms with E-state index in [2.05, 4.69) is 25.9 Å². The Hall–Kier alpha value is -2.94. The third-order valence-electron chi connectivity index (χ3n) is 4.63. The number of hydrogen-bond donors (Lipinski definition) is 4. The third-order valence-corrected chi connectivity index (χ3v) is 5.21. The van der Waals surface area contributed by atoms with Crippen LogP contribution in [0.1, 0.15) is 17.7 Å². The van der Waals surface area contributed by atoms with Crippen molar-refractivity contribution in [1.82, 2.24) is 9.97 Å². The molecule has 0 spiro atoms. The molecule has 0 bridgehead atoms. The van der Waals surface area contributed by atoms with E-state index in [1.165, 1.54) is 12.1 Å². The van der Waals surface area contributed by atoms with E-state index < -0.39 is 11.4 Å². The lowest BCUT2D eigenvalue weighted by molar-refractivity contribution is 0.288. The number of ether oxygens (including phenoxy) is 1. The molecule has 27 heavy (non-hydrogen) atoms. The molecule has 0 fully saturated rings. The van der Waals surface area contributed by atoms with E-state index in [0.29, 0.717) is 45.4 Å².